The zero-order valence-corrected chi connectivity index (χ0v) is 43.2. The highest BCUT2D eigenvalue weighted by Crippen LogP contribution is 2.14. The van der Waals surface area contributed by atoms with Crippen LogP contribution in [0.1, 0.15) is 258 Å². The quantitative estimate of drug-likeness (QED) is 0.0262. The Bertz CT molecular complexity index is 1290. The fraction of sp³-hybridized carbons (Fsp3) is 0.717. The molecule has 0 heterocycles. The van der Waals surface area contributed by atoms with Gasteiger partial charge in [-0.3, -0.25) is 14.4 Å². The molecule has 0 rings (SSSR count). The lowest BCUT2D eigenvalue weighted by atomic mass is 10.1. The Morgan fingerprint density at radius 3 is 0.939 bits per heavy atom. The van der Waals surface area contributed by atoms with Crippen molar-refractivity contribution in [1.82, 2.24) is 0 Å². The summed E-state index contributed by atoms with van der Waals surface area (Å²) < 4.78 is 16.7. The van der Waals surface area contributed by atoms with E-state index in [1.165, 1.54) is 109 Å². The molecule has 0 fully saturated rings. The highest BCUT2D eigenvalue weighted by molar-refractivity contribution is 5.71. The first-order valence-electron chi connectivity index (χ1n) is 27.6. The Kier molecular flexibility index (Phi) is 51.4. The summed E-state index contributed by atoms with van der Waals surface area (Å²) in [5.41, 5.74) is 0. The lowest BCUT2D eigenvalue weighted by molar-refractivity contribution is -0.167. The Labute approximate surface area is 407 Å². The minimum Gasteiger partial charge on any atom is -0.462 e. The van der Waals surface area contributed by atoms with E-state index in [9.17, 15) is 14.4 Å². The van der Waals surface area contributed by atoms with E-state index in [1.54, 1.807) is 0 Å². The van der Waals surface area contributed by atoms with E-state index in [2.05, 4.69) is 106 Å². The number of allylic oxidation sites excluding steroid dienone is 14. The predicted octanol–water partition coefficient (Wildman–Crippen LogP) is 18.4. The number of ether oxygens (including phenoxy) is 3. The summed E-state index contributed by atoms with van der Waals surface area (Å²) in [4.78, 5) is 37.8. The van der Waals surface area contributed by atoms with E-state index >= 15 is 0 Å². The SMILES string of the molecule is CC/C=C\C/C=C\C/C=C\C/C=C\C/C=C\C/C=C\CCCCCCC(=O)OCC(COC(=O)CCCCCCCC)OC(=O)CCCCCCCCCCC/C=C\CCCCCCCC. The first-order chi connectivity index (χ1) is 32.5. The Balaban J connectivity index is 4.24. The van der Waals surface area contributed by atoms with Crippen LogP contribution < -0.4 is 0 Å². The van der Waals surface area contributed by atoms with Crippen LogP contribution in [-0.4, -0.2) is 37.2 Å². The number of carbonyl (C=O) groups excluding carboxylic acids is 3. The third-order valence-corrected chi connectivity index (χ3v) is 11.6. The number of rotatable bonds is 49. The molecule has 0 aromatic carbocycles. The Hall–Kier alpha value is -3.41. The van der Waals surface area contributed by atoms with Crippen molar-refractivity contribution in [3.8, 4) is 0 Å². The summed E-state index contributed by atoms with van der Waals surface area (Å²) in [5, 5.41) is 0. The van der Waals surface area contributed by atoms with Crippen LogP contribution in [-0.2, 0) is 28.6 Å². The molecule has 0 aliphatic heterocycles. The molecule has 0 radical (unpaired) electrons. The van der Waals surface area contributed by atoms with Gasteiger partial charge in [0.1, 0.15) is 13.2 Å². The van der Waals surface area contributed by atoms with Gasteiger partial charge in [0.25, 0.3) is 0 Å². The van der Waals surface area contributed by atoms with Gasteiger partial charge in [-0.05, 0) is 96.3 Å². The van der Waals surface area contributed by atoms with E-state index in [0.29, 0.717) is 19.3 Å². The van der Waals surface area contributed by atoms with Crippen LogP contribution in [0.5, 0.6) is 0 Å². The molecule has 0 spiro atoms. The van der Waals surface area contributed by atoms with Crippen molar-refractivity contribution in [3.63, 3.8) is 0 Å². The van der Waals surface area contributed by atoms with E-state index in [4.69, 9.17) is 14.2 Å². The highest BCUT2D eigenvalue weighted by Gasteiger charge is 2.19. The van der Waals surface area contributed by atoms with Crippen LogP contribution in [0.15, 0.2) is 85.1 Å². The smallest absolute Gasteiger partial charge is 0.306 e. The summed E-state index contributed by atoms with van der Waals surface area (Å²) in [6, 6.07) is 0. The summed E-state index contributed by atoms with van der Waals surface area (Å²) in [6.07, 6.45) is 70.3. The van der Waals surface area contributed by atoms with Crippen LogP contribution >= 0.6 is 0 Å². The molecule has 1 atom stereocenters. The van der Waals surface area contributed by atoms with E-state index in [1.807, 2.05) is 0 Å². The van der Waals surface area contributed by atoms with Gasteiger partial charge in [0.2, 0.25) is 0 Å². The Morgan fingerprint density at radius 1 is 0.318 bits per heavy atom. The monoisotopic (exact) mass is 919 g/mol. The molecule has 0 bridgehead atoms. The average Bonchev–Trinajstić information content (AvgIpc) is 3.31. The van der Waals surface area contributed by atoms with Gasteiger partial charge in [0.05, 0.1) is 0 Å². The summed E-state index contributed by atoms with van der Waals surface area (Å²) in [5.74, 6) is -0.921. The fourth-order valence-corrected chi connectivity index (χ4v) is 7.50. The third-order valence-electron chi connectivity index (χ3n) is 11.6. The summed E-state index contributed by atoms with van der Waals surface area (Å²) in [7, 11) is 0. The van der Waals surface area contributed by atoms with Crippen LogP contribution in [0.4, 0.5) is 0 Å². The largest absolute Gasteiger partial charge is 0.462 e. The van der Waals surface area contributed by atoms with Gasteiger partial charge in [-0.2, -0.15) is 0 Å². The molecule has 1 unspecified atom stereocenters. The van der Waals surface area contributed by atoms with Crippen molar-refractivity contribution < 1.29 is 28.6 Å². The normalized spacial score (nSPS) is 12.7. The van der Waals surface area contributed by atoms with Crippen molar-refractivity contribution in [1.29, 1.82) is 0 Å². The maximum Gasteiger partial charge on any atom is 0.306 e. The average molecular weight is 919 g/mol. The van der Waals surface area contributed by atoms with Crippen molar-refractivity contribution in [2.24, 2.45) is 0 Å². The van der Waals surface area contributed by atoms with Crippen LogP contribution in [0.2, 0.25) is 0 Å². The molecular formula is C60H102O6. The number of carbonyl (C=O) groups is 3. The molecule has 0 saturated carbocycles. The highest BCUT2D eigenvalue weighted by atomic mass is 16.6. The molecule has 0 aliphatic carbocycles. The second-order valence-electron chi connectivity index (χ2n) is 18.1. The van der Waals surface area contributed by atoms with Crippen LogP contribution in [0, 0.1) is 0 Å². The first-order valence-corrected chi connectivity index (χ1v) is 27.6. The number of hydrogen-bond acceptors (Lipinski definition) is 6. The van der Waals surface area contributed by atoms with Crippen LogP contribution in [0.3, 0.4) is 0 Å². The van der Waals surface area contributed by atoms with Crippen molar-refractivity contribution >= 4 is 17.9 Å². The van der Waals surface area contributed by atoms with Crippen molar-refractivity contribution in [2.75, 3.05) is 13.2 Å². The lowest BCUT2D eigenvalue weighted by Gasteiger charge is -2.18. The van der Waals surface area contributed by atoms with E-state index in [-0.39, 0.29) is 31.1 Å². The lowest BCUT2D eigenvalue weighted by Crippen LogP contribution is -2.30. The first kappa shape index (κ1) is 62.6. The van der Waals surface area contributed by atoms with E-state index < -0.39 is 6.10 Å². The molecule has 6 heteroatoms. The molecule has 0 aromatic rings. The molecule has 66 heavy (non-hydrogen) atoms. The number of hydrogen-bond donors (Lipinski definition) is 0. The molecule has 0 saturated heterocycles. The molecule has 6 nitrogen and oxygen atoms in total. The topological polar surface area (TPSA) is 78.9 Å². The van der Waals surface area contributed by atoms with Gasteiger partial charge in [-0.1, -0.05) is 228 Å². The number of unbranched alkanes of at least 4 members (excludes halogenated alkanes) is 24. The van der Waals surface area contributed by atoms with Crippen molar-refractivity contribution in [2.45, 2.75) is 264 Å². The van der Waals surface area contributed by atoms with Gasteiger partial charge < -0.3 is 14.2 Å². The maximum absolute atomic E-state index is 12.8. The molecule has 0 aliphatic rings. The zero-order valence-electron chi connectivity index (χ0n) is 43.2. The third kappa shape index (κ3) is 51.6. The van der Waals surface area contributed by atoms with Gasteiger partial charge in [-0.25, -0.2) is 0 Å². The van der Waals surface area contributed by atoms with Gasteiger partial charge >= 0.3 is 17.9 Å². The maximum atomic E-state index is 12.8. The molecule has 378 valence electrons. The second-order valence-corrected chi connectivity index (χ2v) is 18.1. The minimum atomic E-state index is -0.785. The molecular weight excluding hydrogens is 817 g/mol. The fourth-order valence-electron chi connectivity index (χ4n) is 7.50. The van der Waals surface area contributed by atoms with Crippen LogP contribution in [0.25, 0.3) is 0 Å². The summed E-state index contributed by atoms with van der Waals surface area (Å²) >= 11 is 0. The minimum absolute atomic E-state index is 0.0855. The standard InChI is InChI=1S/C60H102O6/c1-4-7-10-13-16-18-20-22-24-26-28-29-30-31-33-34-36-38-40-42-44-47-50-53-59(62)65-56-57(55-64-58(61)52-49-46-15-12-9-6-3)66-60(63)54-51-48-45-43-41-39-37-35-32-27-25-23-21-19-17-14-11-8-5-2/h7,10,16,18,22-25,28-29,31,33,36,38,57H,4-6,8-9,11-15,17,19-21,26-27,30,32,34-35,37,39-56H2,1-3H3/b10-7-,18-16-,24-22-,25-23-,29-28-,33-31-,38-36-. The number of esters is 3. The molecule has 0 N–H and O–H groups in total. The predicted molar refractivity (Wildman–Crippen MR) is 284 cm³/mol. The van der Waals surface area contributed by atoms with Gasteiger partial charge in [0.15, 0.2) is 6.10 Å². The van der Waals surface area contributed by atoms with Gasteiger partial charge in [0, 0.05) is 19.3 Å². The van der Waals surface area contributed by atoms with E-state index in [0.717, 1.165) is 109 Å². The van der Waals surface area contributed by atoms with Gasteiger partial charge in [-0.15, -0.1) is 0 Å². The summed E-state index contributed by atoms with van der Waals surface area (Å²) in [6.45, 7) is 6.44. The molecule has 0 aromatic heterocycles. The molecule has 0 amide bonds. The van der Waals surface area contributed by atoms with Crippen molar-refractivity contribution in [3.05, 3.63) is 85.1 Å². The Morgan fingerprint density at radius 2 is 0.591 bits per heavy atom. The zero-order chi connectivity index (χ0) is 47.9. The second kappa shape index (κ2) is 54.2.